The van der Waals surface area contributed by atoms with Crippen LogP contribution in [0.1, 0.15) is 233 Å². The van der Waals surface area contributed by atoms with E-state index in [1.807, 2.05) is 0 Å². The summed E-state index contributed by atoms with van der Waals surface area (Å²) in [5.74, 6) is -0.964. The van der Waals surface area contributed by atoms with E-state index in [1.54, 1.807) is 0 Å². The van der Waals surface area contributed by atoms with Gasteiger partial charge in [-0.3, -0.25) is 14.4 Å². The second-order valence-electron chi connectivity index (χ2n) is 18.1. The Labute approximate surface area is 430 Å². The molecule has 0 aromatic carbocycles. The molecule has 0 aliphatic rings. The lowest BCUT2D eigenvalue weighted by atomic mass is 10.1. The van der Waals surface area contributed by atoms with E-state index < -0.39 is 6.10 Å². The highest BCUT2D eigenvalue weighted by Crippen LogP contribution is 2.13. The van der Waals surface area contributed by atoms with Crippen molar-refractivity contribution in [2.75, 3.05) is 13.2 Å². The molecule has 1 unspecified atom stereocenters. The van der Waals surface area contributed by atoms with Gasteiger partial charge in [0.15, 0.2) is 6.10 Å². The fourth-order valence-electron chi connectivity index (χ4n) is 7.20. The number of esters is 3. The van der Waals surface area contributed by atoms with Gasteiger partial charge in [0.25, 0.3) is 0 Å². The Bertz CT molecular complexity index is 1530. The lowest BCUT2D eigenvalue weighted by molar-refractivity contribution is -0.167. The molecule has 70 heavy (non-hydrogen) atoms. The van der Waals surface area contributed by atoms with Crippen molar-refractivity contribution < 1.29 is 28.6 Å². The van der Waals surface area contributed by atoms with Crippen LogP contribution in [-0.2, 0) is 28.6 Å². The first-order chi connectivity index (χ1) is 34.5. The Balaban J connectivity index is 4.42. The molecule has 0 aliphatic carbocycles. The normalized spacial score (nSPS) is 13.1. The fraction of sp³-hybridized carbons (Fsp3) is 0.609. The maximum absolute atomic E-state index is 12.8. The molecule has 0 aromatic rings. The second-order valence-corrected chi connectivity index (χ2v) is 18.1. The van der Waals surface area contributed by atoms with Gasteiger partial charge in [-0.15, -0.1) is 0 Å². The van der Waals surface area contributed by atoms with Crippen molar-refractivity contribution in [2.45, 2.75) is 239 Å². The number of carbonyl (C=O) groups excluding carboxylic acids is 3. The Hall–Kier alpha value is -4.45. The third-order valence-corrected chi connectivity index (χ3v) is 11.4. The number of allylic oxidation sites excluding steroid dienone is 22. The summed E-state index contributed by atoms with van der Waals surface area (Å²) in [7, 11) is 0. The van der Waals surface area contributed by atoms with Gasteiger partial charge >= 0.3 is 17.9 Å². The smallest absolute Gasteiger partial charge is 0.306 e. The van der Waals surface area contributed by atoms with Crippen molar-refractivity contribution in [3.05, 3.63) is 134 Å². The lowest BCUT2D eigenvalue weighted by Crippen LogP contribution is -2.30. The molecule has 0 bridgehead atoms. The highest BCUT2D eigenvalue weighted by Gasteiger charge is 2.19. The summed E-state index contributed by atoms with van der Waals surface area (Å²) in [6.45, 7) is 6.29. The molecule has 6 nitrogen and oxygen atoms in total. The molecule has 0 heterocycles. The van der Waals surface area contributed by atoms with Gasteiger partial charge in [0.1, 0.15) is 13.2 Å². The molecule has 0 amide bonds. The zero-order chi connectivity index (χ0) is 50.7. The Morgan fingerprint density at radius 1 is 0.300 bits per heavy atom. The molecule has 0 N–H and O–H groups in total. The van der Waals surface area contributed by atoms with E-state index in [-0.39, 0.29) is 37.5 Å². The molecular weight excluding hydrogens is 865 g/mol. The predicted molar refractivity (Wildman–Crippen MR) is 302 cm³/mol. The number of carbonyl (C=O) groups is 3. The Morgan fingerprint density at radius 2 is 0.557 bits per heavy atom. The van der Waals surface area contributed by atoms with Gasteiger partial charge in [-0.25, -0.2) is 0 Å². The quantitative estimate of drug-likeness (QED) is 0.0262. The largest absolute Gasteiger partial charge is 0.462 e. The van der Waals surface area contributed by atoms with E-state index in [1.165, 1.54) is 38.5 Å². The molecule has 394 valence electrons. The fourth-order valence-corrected chi connectivity index (χ4v) is 7.20. The van der Waals surface area contributed by atoms with Crippen LogP contribution in [0, 0.1) is 0 Å². The van der Waals surface area contributed by atoms with Crippen LogP contribution >= 0.6 is 0 Å². The predicted octanol–water partition coefficient (Wildman–Crippen LogP) is 19.0. The Kier molecular flexibility index (Phi) is 53.5. The van der Waals surface area contributed by atoms with Gasteiger partial charge in [0.05, 0.1) is 0 Å². The van der Waals surface area contributed by atoms with Gasteiger partial charge in [0.2, 0.25) is 0 Å². The molecule has 0 radical (unpaired) electrons. The van der Waals surface area contributed by atoms with E-state index in [2.05, 4.69) is 154 Å². The second kappa shape index (κ2) is 57.1. The van der Waals surface area contributed by atoms with Crippen LogP contribution < -0.4 is 0 Å². The van der Waals surface area contributed by atoms with Gasteiger partial charge in [0, 0.05) is 19.3 Å². The number of hydrogen-bond donors (Lipinski definition) is 0. The van der Waals surface area contributed by atoms with Gasteiger partial charge in [-0.1, -0.05) is 219 Å². The summed E-state index contributed by atoms with van der Waals surface area (Å²) in [5.41, 5.74) is 0. The van der Waals surface area contributed by atoms with Crippen molar-refractivity contribution in [3.63, 3.8) is 0 Å². The number of unbranched alkanes of at least 4 members (excludes halogenated alkanes) is 16. The van der Waals surface area contributed by atoms with Crippen LogP contribution in [0.5, 0.6) is 0 Å². The monoisotopic (exact) mass is 967 g/mol. The topological polar surface area (TPSA) is 78.9 Å². The highest BCUT2D eigenvalue weighted by atomic mass is 16.6. The zero-order valence-corrected chi connectivity index (χ0v) is 45.0. The molecule has 0 rings (SSSR count). The summed E-state index contributed by atoms with van der Waals surface area (Å²) in [5, 5.41) is 0. The molecule has 0 spiro atoms. The van der Waals surface area contributed by atoms with Crippen LogP contribution in [0.3, 0.4) is 0 Å². The van der Waals surface area contributed by atoms with Gasteiger partial charge < -0.3 is 14.2 Å². The third kappa shape index (κ3) is 54.5. The summed E-state index contributed by atoms with van der Waals surface area (Å²) in [6, 6.07) is 0. The zero-order valence-electron chi connectivity index (χ0n) is 45.0. The Morgan fingerprint density at radius 3 is 0.900 bits per heavy atom. The maximum atomic E-state index is 12.8. The first-order valence-electron chi connectivity index (χ1n) is 28.2. The minimum atomic E-state index is -0.808. The molecule has 0 aliphatic heterocycles. The van der Waals surface area contributed by atoms with Crippen molar-refractivity contribution in [2.24, 2.45) is 0 Å². The van der Waals surface area contributed by atoms with Crippen LogP contribution in [0.25, 0.3) is 0 Å². The average molecular weight is 968 g/mol. The van der Waals surface area contributed by atoms with Crippen LogP contribution in [0.2, 0.25) is 0 Å². The molecule has 0 fully saturated rings. The highest BCUT2D eigenvalue weighted by molar-refractivity contribution is 5.71. The van der Waals surface area contributed by atoms with Gasteiger partial charge in [-0.2, -0.15) is 0 Å². The molecule has 0 aromatic heterocycles. The van der Waals surface area contributed by atoms with Crippen LogP contribution in [0.15, 0.2) is 134 Å². The van der Waals surface area contributed by atoms with Crippen LogP contribution in [0.4, 0.5) is 0 Å². The first-order valence-corrected chi connectivity index (χ1v) is 28.2. The van der Waals surface area contributed by atoms with E-state index >= 15 is 0 Å². The van der Waals surface area contributed by atoms with E-state index in [9.17, 15) is 14.4 Å². The third-order valence-electron chi connectivity index (χ3n) is 11.4. The number of hydrogen-bond acceptors (Lipinski definition) is 6. The van der Waals surface area contributed by atoms with Crippen LogP contribution in [-0.4, -0.2) is 37.2 Å². The minimum absolute atomic E-state index is 0.104. The number of rotatable bonds is 49. The van der Waals surface area contributed by atoms with E-state index in [0.29, 0.717) is 12.8 Å². The van der Waals surface area contributed by atoms with E-state index in [4.69, 9.17) is 14.2 Å². The van der Waals surface area contributed by atoms with Crippen molar-refractivity contribution >= 4 is 17.9 Å². The van der Waals surface area contributed by atoms with Crippen molar-refractivity contribution in [3.8, 4) is 0 Å². The maximum Gasteiger partial charge on any atom is 0.306 e. The van der Waals surface area contributed by atoms with Gasteiger partial charge in [-0.05, 0) is 128 Å². The summed E-state index contributed by atoms with van der Waals surface area (Å²) >= 11 is 0. The SMILES string of the molecule is CC/C=C\C/C=C\C/C=C\C/C=C\C/C=C\CCCCCCCCCC(=O)OCC(COC(=O)CCCCCCC/C=C\CCC)OC(=O)CCCCC/C=C\C/C=C\C/C=C\C/C=C\C/C=C\CC. The molecule has 6 heteroatoms. The summed E-state index contributed by atoms with van der Waals surface area (Å²) in [4.78, 5) is 38.1. The van der Waals surface area contributed by atoms with E-state index in [0.717, 1.165) is 154 Å². The standard InChI is InChI=1S/C64H102O6/c1-4-7-10-13-16-19-22-24-26-28-30-31-32-33-35-36-38-40-42-45-48-51-54-57-63(66)69-60-61(59-68-62(65)56-53-50-47-44-21-18-15-12-9-6-3)70-64(67)58-55-52-49-46-43-41-39-37-34-29-27-25-23-20-17-14-11-8-5-2/h7-8,10-12,15-17,19-20,24-27,30-31,33-35,37,41,43,61H,4-6,9,13-14,18,21-23,28-29,32,36,38-40,42,44-60H2,1-3H3/b10-7-,11-8-,15-12-,19-16-,20-17-,26-24-,27-25-,31-30-,35-33-,37-34-,43-41-. The molecule has 0 saturated heterocycles. The number of ether oxygens (including phenoxy) is 3. The molecule has 1 atom stereocenters. The average Bonchev–Trinajstić information content (AvgIpc) is 3.36. The summed E-state index contributed by atoms with van der Waals surface area (Å²) in [6.07, 6.45) is 80.2. The summed E-state index contributed by atoms with van der Waals surface area (Å²) < 4.78 is 16.8. The molecular formula is C64H102O6. The van der Waals surface area contributed by atoms with Crippen molar-refractivity contribution in [1.29, 1.82) is 0 Å². The van der Waals surface area contributed by atoms with Crippen molar-refractivity contribution in [1.82, 2.24) is 0 Å². The first kappa shape index (κ1) is 65.5. The molecule has 0 saturated carbocycles. The minimum Gasteiger partial charge on any atom is -0.462 e. The lowest BCUT2D eigenvalue weighted by Gasteiger charge is -2.18.